The van der Waals surface area contributed by atoms with E-state index in [0.717, 1.165) is 39.7 Å². The quantitative estimate of drug-likeness (QED) is 0.508. The molecule has 136 valence electrons. The van der Waals surface area contributed by atoms with Crippen LogP contribution in [-0.4, -0.2) is 26.8 Å². The normalized spacial score (nSPS) is 19.5. The number of ether oxygens (including phenoxy) is 1. The number of thioether (sulfide) groups is 1. The van der Waals surface area contributed by atoms with Gasteiger partial charge in [-0.25, -0.2) is 9.97 Å². The highest BCUT2D eigenvalue weighted by Gasteiger charge is 2.33. The molecule has 0 saturated heterocycles. The maximum Gasteiger partial charge on any atom is 0.190 e. The van der Waals surface area contributed by atoms with Crippen molar-refractivity contribution < 1.29 is 4.74 Å². The lowest BCUT2D eigenvalue weighted by Crippen LogP contribution is -2.33. The molecule has 0 aromatic carbocycles. The van der Waals surface area contributed by atoms with Crippen molar-refractivity contribution in [1.82, 2.24) is 15.0 Å². The van der Waals surface area contributed by atoms with E-state index in [4.69, 9.17) is 14.7 Å². The third kappa shape index (κ3) is 3.31. The monoisotopic (exact) mass is 386 g/mol. The first-order chi connectivity index (χ1) is 12.6. The van der Waals surface area contributed by atoms with Gasteiger partial charge in [0.05, 0.1) is 29.8 Å². The third-order valence-corrected chi connectivity index (χ3v) is 6.56. The molecule has 5 nitrogen and oxygen atoms in total. The molecule has 0 fully saturated rings. The highest BCUT2D eigenvalue weighted by atomic mass is 32.2. The smallest absolute Gasteiger partial charge is 0.190 e. The summed E-state index contributed by atoms with van der Waals surface area (Å²) in [5.41, 5.74) is 2.23. The van der Waals surface area contributed by atoms with Crippen molar-refractivity contribution in [2.75, 3.05) is 11.6 Å². The second kappa shape index (κ2) is 7.13. The van der Waals surface area contributed by atoms with Crippen LogP contribution in [0.3, 0.4) is 0 Å². The number of fused-ring (bicyclic) bond motifs is 3. The Bertz CT molecular complexity index is 928. The van der Waals surface area contributed by atoms with Crippen molar-refractivity contribution in [3.8, 4) is 0 Å². The topological polar surface area (TPSA) is 59.9 Å². The fourth-order valence-electron chi connectivity index (χ4n) is 3.18. The molecule has 0 bridgehead atoms. The van der Waals surface area contributed by atoms with Crippen LogP contribution >= 0.6 is 23.1 Å². The molecule has 0 amide bonds. The summed E-state index contributed by atoms with van der Waals surface area (Å²) in [5, 5.41) is 5.44. The predicted molar refractivity (Wildman–Crippen MR) is 108 cm³/mol. The molecular formula is C19H22N4OS2. The fraction of sp³-hybridized carbons (Fsp3) is 0.421. The van der Waals surface area contributed by atoms with Crippen LogP contribution in [-0.2, 0) is 24.3 Å². The molecule has 0 radical (unpaired) electrons. The molecule has 1 aliphatic rings. The fourth-order valence-corrected chi connectivity index (χ4v) is 4.70. The van der Waals surface area contributed by atoms with E-state index in [2.05, 4.69) is 24.1 Å². The van der Waals surface area contributed by atoms with Crippen LogP contribution in [0.5, 0.6) is 0 Å². The lowest BCUT2D eigenvalue weighted by atomic mass is 9.90. The third-order valence-electron chi connectivity index (χ3n) is 4.91. The number of pyridine rings is 1. The van der Waals surface area contributed by atoms with Crippen LogP contribution in [0.15, 0.2) is 29.6 Å². The minimum Gasteiger partial charge on any atom is -0.369 e. The van der Waals surface area contributed by atoms with Crippen LogP contribution in [0.25, 0.3) is 10.2 Å². The van der Waals surface area contributed by atoms with Gasteiger partial charge in [0.15, 0.2) is 5.16 Å². The standard InChI is InChI=1S/C19H22N4OS2/c1-4-19(2)9-13-14(11-24-19)26-17-15(13)16(22-18(23-17)25-3)21-10-12-7-5-6-8-20-12/h5-8H,4,9-11H2,1-3H3,(H,21,22,23)/t19-/m0/s1. The highest BCUT2D eigenvalue weighted by molar-refractivity contribution is 7.98. The number of thiophene rings is 1. The zero-order valence-electron chi connectivity index (χ0n) is 15.2. The van der Waals surface area contributed by atoms with Gasteiger partial charge in [0.1, 0.15) is 10.6 Å². The van der Waals surface area contributed by atoms with Crippen LogP contribution in [0.2, 0.25) is 0 Å². The Balaban J connectivity index is 1.76. The number of anilines is 1. The summed E-state index contributed by atoms with van der Waals surface area (Å²) in [7, 11) is 0. The first-order valence-corrected chi connectivity index (χ1v) is 10.8. The number of aromatic nitrogens is 3. The SMILES string of the molecule is CC[C@@]1(C)Cc2c(sc3nc(SC)nc(NCc4ccccn4)c23)CO1. The van der Waals surface area contributed by atoms with E-state index in [1.54, 1.807) is 23.1 Å². The molecule has 4 rings (SSSR count). The molecule has 1 N–H and O–H groups in total. The van der Waals surface area contributed by atoms with Gasteiger partial charge < -0.3 is 10.1 Å². The molecule has 26 heavy (non-hydrogen) atoms. The van der Waals surface area contributed by atoms with Crippen molar-refractivity contribution in [1.29, 1.82) is 0 Å². The first-order valence-electron chi connectivity index (χ1n) is 8.76. The Morgan fingerprint density at radius 1 is 1.35 bits per heavy atom. The largest absolute Gasteiger partial charge is 0.369 e. The summed E-state index contributed by atoms with van der Waals surface area (Å²) in [6.07, 6.45) is 5.72. The van der Waals surface area contributed by atoms with Crippen molar-refractivity contribution >= 4 is 39.1 Å². The first kappa shape index (κ1) is 17.7. The van der Waals surface area contributed by atoms with Crippen LogP contribution in [0.4, 0.5) is 5.82 Å². The number of rotatable bonds is 5. The molecule has 0 unspecified atom stereocenters. The Labute approximate surface area is 161 Å². The van der Waals surface area contributed by atoms with Crippen molar-refractivity contribution in [3.05, 3.63) is 40.5 Å². The summed E-state index contributed by atoms with van der Waals surface area (Å²) in [6, 6.07) is 5.95. The lowest BCUT2D eigenvalue weighted by molar-refractivity contribution is -0.0542. The van der Waals surface area contributed by atoms with Crippen molar-refractivity contribution in [3.63, 3.8) is 0 Å². The minimum atomic E-state index is -0.114. The average Bonchev–Trinajstić information content (AvgIpc) is 3.04. The summed E-state index contributed by atoms with van der Waals surface area (Å²) in [6.45, 7) is 5.68. The summed E-state index contributed by atoms with van der Waals surface area (Å²) < 4.78 is 6.12. The summed E-state index contributed by atoms with van der Waals surface area (Å²) in [5.74, 6) is 0.905. The molecule has 3 aromatic heterocycles. The highest BCUT2D eigenvalue weighted by Crippen LogP contribution is 2.42. The molecule has 3 aromatic rings. The minimum absolute atomic E-state index is 0.114. The summed E-state index contributed by atoms with van der Waals surface area (Å²) in [4.78, 5) is 16.2. The van der Waals surface area contributed by atoms with Gasteiger partial charge in [0.25, 0.3) is 0 Å². The zero-order valence-corrected chi connectivity index (χ0v) is 16.8. The molecular weight excluding hydrogens is 364 g/mol. The molecule has 7 heteroatoms. The molecule has 0 saturated carbocycles. The van der Waals surface area contributed by atoms with Gasteiger partial charge in [0, 0.05) is 17.5 Å². The van der Waals surface area contributed by atoms with E-state index < -0.39 is 0 Å². The maximum atomic E-state index is 6.12. The zero-order chi connectivity index (χ0) is 18.1. The lowest BCUT2D eigenvalue weighted by Gasteiger charge is -2.33. The Hall–Kier alpha value is -1.70. The number of hydrogen-bond donors (Lipinski definition) is 1. The molecule has 0 aliphatic carbocycles. The van der Waals surface area contributed by atoms with Gasteiger partial charge >= 0.3 is 0 Å². The second-order valence-corrected chi connectivity index (χ2v) is 8.54. The van der Waals surface area contributed by atoms with E-state index in [1.807, 2.05) is 30.7 Å². The Kier molecular flexibility index (Phi) is 4.86. The summed E-state index contributed by atoms with van der Waals surface area (Å²) >= 11 is 3.30. The Morgan fingerprint density at radius 2 is 2.23 bits per heavy atom. The van der Waals surface area contributed by atoms with E-state index in [0.29, 0.717) is 13.2 Å². The van der Waals surface area contributed by atoms with E-state index in [9.17, 15) is 0 Å². The molecule has 4 heterocycles. The van der Waals surface area contributed by atoms with E-state index in [1.165, 1.54) is 10.4 Å². The van der Waals surface area contributed by atoms with Gasteiger partial charge in [-0.15, -0.1) is 11.3 Å². The molecule has 1 atom stereocenters. The Morgan fingerprint density at radius 3 is 2.96 bits per heavy atom. The molecule has 1 aliphatic heterocycles. The van der Waals surface area contributed by atoms with Gasteiger partial charge in [-0.2, -0.15) is 0 Å². The number of hydrogen-bond acceptors (Lipinski definition) is 7. The number of nitrogens with one attached hydrogen (secondary N) is 1. The van der Waals surface area contributed by atoms with Crippen molar-refractivity contribution in [2.45, 2.75) is 50.6 Å². The van der Waals surface area contributed by atoms with Gasteiger partial charge in [-0.1, -0.05) is 24.8 Å². The van der Waals surface area contributed by atoms with Crippen LogP contribution < -0.4 is 5.32 Å². The van der Waals surface area contributed by atoms with Gasteiger partial charge in [0.2, 0.25) is 0 Å². The second-order valence-electron chi connectivity index (χ2n) is 6.69. The number of nitrogens with zero attached hydrogens (tertiary/aromatic N) is 3. The maximum absolute atomic E-state index is 6.12. The van der Waals surface area contributed by atoms with Crippen LogP contribution in [0, 0.1) is 0 Å². The van der Waals surface area contributed by atoms with E-state index in [-0.39, 0.29) is 5.60 Å². The average molecular weight is 387 g/mol. The van der Waals surface area contributed by atoms with Gasteiger partial charge in [-0.05, 0) is 37.3 Å². The van der Waals surface area contributed by atoms with E-state index >= 15 is 0 Å². The van der Waals surface area contributed by atoms with Gasteiger partial charge in [-0.3, -0.25) is 4.98 Å². The van der Waals surface area contributed by atoms with Crippen molar-refractivity contribution in [2.24, 2.45) is 0 Å². The predicted octanol–water partition coefficient (Wildman–Crippen LogP) is 4.66. The molecule has 0 spiro atoms. The van der Waals surface area contributed by atoms with Crippen LogP contribution in [0.1, 0.15) is 36.4 Å².